The maximum absolute atomic E-state index is 16.3. The highest BCUT2D eigenvalue weighted by Gasteiger charge is 2.37. The summed E-state index contributed by atoms with van der Waals surface area (Å²) < 4.78 is 56.8. The van der Waals surface area contributed by atoms with Gasteiger partial charge in [0, 0.05) is 108 Å². The second kappa shape index (κ2) is 32.3. The van der Waals surface area contributed by atoms with Gasteiger partial charge in [-0.05, 0) is 217 Å². The van der Waals surface area contributed by atoms with Crippen LogP contribution < -0.4 is 42.4 Å². The Kier molecular flexibility index (Phi) is 18.6. The first-order chi connectivity index (χ1) is 71.0. The number of rotatable bonds is 10. The van der Waals surface area contributed by atoms with Gasteiger partial charge in [-0.15, -0.1) is 0 Å². The molecule has 10 aromatic heterocycles. The minimum absolute atomic E-state index is 0.754. The molecular formula is C128H79N10O3P3. The molecule has 3 atom stereocenters. The molecule has 0 aliphatic rings. The maximum atomic E-state index is 16.3. The van der Waals surface area contributed by atoms with Gasteiger partial charge < -0.3 is 9.13 Å². The molecule has 0 amide bonds. The summed E-state index contributed by atoms with van der Waals surface area (Å²) in [5.41, 5.74) is 20.3. The lowest BCUT2D eigenvalue weighted by Crippen LogP contribution is -2.26. The normalized spacial score (nSPS) is 13.4. The highest BCUT2D eigenvalue weighted by molar-refractivity contribution is 7.86. The topological polar surface area (TPSA) is 147 Å². The van der Waals surface area contributed by atoms with Crippen LogP contribution in [-0.2, 0) is 13.7 Å². The van der Waals surface area contributed by atoms with E-state index >= 15 is 13.7 Å². The third-order valence-electron chi connectivity index (χ3n) is 29.5. The van der Waals surface area contributed by atoms with E-state index in [9.17, 15) is 0 Å². The summed E-state index contributed by atoms with van der Waals surface area (Å²) in [4.78, 5) is 30.7. The third-order valence-corrected chi connectivity index (χ3v) is 38.6. The number of para-hydroxylation sites is 11. The van der Waals surface area contributed by atoms with Gasteiger partial charge in [-0.2, -0.15) is 0 Å². The summed E-state index contributed by atoms with van der Waals surface area (Å²) >= 11 is 0. The molecule has 0 radical (unpaired) electrons. The van der Waals surface area contributed by atoms with Crippen molar-refractivity contribution < 1.29 is 13.7 Å². The van der Waals surface area contributed by atoms with E-state index in [4.69, 9.17) is 29.9 Å². The predicted molar refractivity (Wildman–Crippen MR) is 603 cm³/mol. The fraction of sp³-hybridized carbons (Fsp3) is 0. The van der Waals surface area contributed by atoms with E-state index in [0.717, 1.165) is 234 Å². The molecule has 0 bridgehead atoms. The highest BCUT2D eigenvalue weighted by Crippen LogP contribution is 2.54. The molecule has 21 aromatic carbocycles. The van der Waals surface area contributed by atoms with Crippen LogP contribution in [0.3, 0.4) is 0 Å². The van der Waals surface area contributed by atoms with E-state index in [0.29, 0.717) is 0 Å². The summed E-state index contributed by atoms with van der Waals surface area (Å²) in [7, 11) is -10.1. The summed E-state index contributed by atoms with van der Waals surface area (Å²) in [6, 6.07) is 162. The van der Waals surface area contributed by atoms with Gasteiger partial charge in [0.2, 0.25) is 7.29 Å². The Labute approximate surface area is 822 Å². The monoisotopic (exact) mass is 1900 g/mol. The Morgan fingerprint density at radius 3 is 1.12 bits per heavy atom. The van der Waals surface area contributed by atoms with Crippen molar-refractivity contribution in [3.63, 3.8) is 0 Å². The second-order valence-electron chi connectivity index (χ2n) is 37.3. The van der Waals surface area contributed by atoms with Gasteiger partial charge in [0.15, 0.2) is 14.3 Å². The Hall–Kier alpha value is -18.0. The van der Waals surface area contributed by atoms with Gasteiger partial charge in [0.1, 0.15) is 16.9 Å². The van der Waals surface area contributed by atoms with Crippen LogP contribution in [-0.4, -0.2) is 47.4 Å². The fourth-order valence-electron chi connectivity index (χ4n) is 22.9. The van der Waals surface area contributed by atoms with Crippen molar-refractivity contribution in [2.75, 3.05) is 0 Å². The van der Waals surface area contributed by atoms with Crippen molar-refractivity contribution in [2.24, 2.45) is 0 Å². The van der Waals surface area contributed by atoms with Crippen LogP contribution in [0.5, 0.6) is 0 Å². The molecule has 0 aliphatic carbocycles. The number of nitrogens with zero attached hydrogens (tertiary/aromatic N) is 10. The largest absolute Gasteiger partial charge is 0.309 e. The van der Waals surface area contributed by atoms with Gasteiger partial charge in [-0.1, -0.05) is 315 Å². The minimum atomic E-state index is -3.43. The van der Waals surface area contributed by atoms with Crippen LogP contribution >= 0.6 is 21.6 Å². The van der Waals surface area contributed by atoms with Gasteiger partial charge >= 0.3 is 0 Å². The molecule has 674 valence electrons. The van der Waals surface area contributed by atoms with Crippen molar-refractivity contribution >= 4 is 277 Å². The molecule has 0 spiro atoms. The zero-order chi connectivity index (χ0) is 95.2. The molecule has 3 unspecified atom stereocenters. The molecule has 0 N–H and O–H groups in total. The summed E-state index contributed by atoms with van der Waals surface area (Å²) in [5, 5.41) is 27.9. The van der Waals surface area contributed by atoms with Crippen molar-refractivity contribution in [3.8, 4) is 11.1 Å². The van der Waals surface area contributed by atoms with Crippen LogP contribution in [0, 0.1) is 0 Å². The maximum Gasteiger partial charge on any atom is 0.234 e. The quantitative estimate of drug-likeness (QED) is 0.0741. The second-order valence-corrected chi connectivity index (χ2v) is 45.4. The molecule has 31 aromatic rings. The fourth-order valence-corrected chi connectivity index (χ4v) is 31.3. The molecule has 0 fully saturated rings. The smallest absolute Gasteiger partial charge is 0.234 e. The van der Waals surface area contributed by atoms with Crippen molar-refractivity contribution in [3.05, 3.63) is 479 Å². The van der Waals surface area contributed by atoms with E-state index in [1.54, 1.807) is 0 Å². The number of fused-ring (bicyclic) bond motifs is 31. The van der Waals surface area contributed by atoms with Crippen molar-refractivity contribution in [2.45, 2.75) is 0 Å². The first-order valence-electron chi connectivity index (χ1n) is 48.3. The molecule has 144 heavy (non-hydrogen) atoms. The average Bonchev–Trinajstić information content (AvgIpc) is 1.57. The lowest BCUT2D eigenvalue weighted by Gasteiger charge is -2.23. The van der Waals surface area contributed by atoms with E-state index in [2.05, 4.69) is 315 Å². The molecule has 31 rings (SSSR count). The summed E-state index contributed by atoms with van der Waals surface area (Å²) in [5.74, 6) is 0. The number of hydrogen-bond acceptors (Lipinski definition) is 9. The molecule has 0 saturated heterocycles. The SMILES string of the molecule is O=P(c1ccccc1)(c1cc2ccc3cccc4ccc(c1)c2c34)c1ccnc2cc3c4ccccc4n4c5ccccc5nc4c3cc12.O=P(c1ccccc1)(c1ccc(-c2cccc3ccccc23)cc1)c1ccc2nc3c4ccccc4n4c5ccccc5nc4c3cc2c1.O=P(c1ccccc1)(c1ccc2nc3c4ccccc4n4c5ccccc5nc4c3cc2c1)n1c2ccccc2c2ccccc21. The lowest BCUT2D eigenvalue weighted by atomic mass is 9.94. The van der Waals surface area contributed by atoms with Crippen LogP contribution in [0.25, 0.3) is 224 Å². The highest BCUT2D eigenvalue weighted by atomic mass is 31.2. The Morgan fingerprint density at radius 1 is 0.194 bits per heavy atom. The van der Waals surface area contributed by atoms with Gasteiger partial charge in [-0.3, -0.25) is 27.1 Å². The number of benzene rings is 21. The Morgan fingerprint density at radius 2 is 0.576 bits per heavy atom. The molecular weight excluding hydrogens is 1820 g/mol. The number of imidazole rings is 3. The molecule has 0 aliphatic heterocycles. The van der Waals surface area contributed by atoms with Crippen LogP contribution in [0.15, 0.2) is 479 Å². The van der Waals surface area contributed by atoms with E-state index in [1.807, 2.05) is 182 Å². The molecule has 10 heterocycles. The molecule has 13 nitrogen and oxygen atoms in total. The van der Waals surface area contributed by atoms with E-state index in [1.165, 1.54) is 32.3 Å². The lowest BCUT2D eigenvalue weighted by molar-refractivity contribution is 0.583. The Bertz CT molecular complexity index is 10900. The van der Waals surface area contributed by atoms with Crippen molar-refractivity contribution in [1.82, 2.24) is 47.4 Å². The average molecular weight is 1900 g/mol. The zero-order valence-electron chi connectivity index (χ0n) is 77.1. The summed E-state index contributed by atoms with van der Waals surface area (Å²) in [6.45, 7) is 0. The number of hydrogen-bond donors (Lipinski definition) is 0. The first-order valence-corrected chi connectivity index (χ1v) is 53.4. The van der Waals surface area contributed by atoms with Gasteiger partial charge in [-0.25, -0.2) is 24.9 Å². The number of pyridine rings is 6. The van der Waals surface area contributed by atoms with Gasteiger partial charge in [0.25, 0.3) is 0 Å². The predicted octanol–water partition coefficient (Wildman–Crippen LogP) is 28.9. The Balaban J connectivity index is 0.000000103. The van der Waals surface area contributed by atoms with Crippen LogP contribution in [0.1, 0.15) is 0 Å². The van der Waals surface area contributed by atoms with Crippen LogP contribution in [0.4, 0.5) is 0 Å². The molecule has 16 heteroatoms. The summed E-state index contributed by atoms with van der Waals surface area (Å²) in [6.07, 6.45) is 1.81. The van der Waals surface area contributed by atoms with Crippen molar-refractivity contribution in [1.29, 1.82) is 0 Å². The first kappa shape index (κ1) is 83.1. The minimum Gasteiger partial charge on any atom is -0.309 e. The molecule has 0 saturated carbocycles. The third kappa shape index (κ3) is 12.5. The van der Waals surface area contributed by atoms with Gasteiger partial charge in [0.05, 0.1) is 88.3 Å². The van der Waals surface area contributed by atoms with E-state index < -0.39 is 21.6 Å². The standard InChI is InChI=1S/C44H26N3OP.C44H28N3OP.C40H25N4OP/c48-49(31-11-2-1-3-12-31,32-23-29-19-17-27-9-8-10-28-18-20-30(24-32)43(29)42(27)28)41-21-22-45-38-26-34-33-13-4-6-15-39(33)47-40-16-7-5-14-37(40)46-44(47)35(34)25-36(38)41;48-49(32-13-2-1-3-14-32,33-23-21-30(22-24-33)36-17-10-12-29-11-4-5-15-35(29)36)34-25-26-39-31(27-34)28-38-43(45-39)37-16-6-8-19-41(37)47-42-20-9-7-18-40(42)46-44(38)47;45-46(27-12-2-1-3-13-27,44-36-19-9-4-14-29(36)30-15-5-10-20-37(30)44)28-22-23-33-26(24-28)25-32-39(41-33)31-16-6-8-18-35(31)43-38-21-11-7-17-34(38)42-40(32)43/h1-26H;1-28H;1-25H. The number of aromatic nitrogens is 10. The van der Waals surface area contributed by atoms with Crippen LogP contribution in [0.2, 0.25) is 0 Å². The van der Waals surface area contributed by atoms with E-state index in [-0.39, 0.29) is 0 Å². The zero-order valence-corrected chi connectivity index (χ0v) is 79.8.